The molecule has 0 radical (unpaired) electrons. The van der Waals surface area contributed by atoms with Crippen molar-refractivity contribution in [1.82, 2.24) is 20.2 Å². The van der Waals surface area contributed by atoms with Crippen molar-refractivity contribution in [1.29, 1.82) is 0 Å². The van der Waals surface area contributed by atoms with Crippen LogP contribution >= 0.6 is 0 Å². The molecule has 5 rings (SSSR count). The number of pyridine rings is 2. The number of rotatable bonds is 5. The molecule has 1 aliphatic heterocycles. The zero-order valence-electron chi connectivity index (χ0n) is 14.8. The van der Waals surface area contributed by atoms with Crippen LogP contribution in [0.15, 0.2) is 48.8 Å². The number of benzene rings is 1. The molecular weight excluding hydrogens is 340 g/mol. The first-order chi connectivity index (χ1) is 13.4. The van der Waals surface area contributed by atoms with Gasteiger partial charge in [-0.3, -0.25) is 10.1 Å². The van der Waals surface area contributed by atoms with Crippen LogP contribution in [0.1, 0.15) is 12.8 Å². The van der Waals surface area contributed by atoms with Crippen LogP contribution in [0.2, 0.25) is 0 Å². The van der Waals surface area contributed by atoms with E-state index in [4.69, 9.17) is 4.74 Å². The van der Waals surface area contributed by atoms with Crippen LogP contribution in [0, 0.1) is 0 Å². The van der Waals surface area contributed by atoms with Crippen LogP contribution in [0.5, 0.6) is 0 Å². The Morgan fingerprint density at radius 3 is 3.04 bits per heavy atom. The van der Waals surface area contributed by atoms with Crippen molar-refractivity contribution in [3.63, 3.8) is 0 Å². The number of anilines is 3. The molecule has 27 heavy (non-hydrogen) atoms. The number of aromatic nitrogens is 4. The van der Waals surface area contributed by atoms with Crippen LogP contribution in [0.3, 0.4) is 0 Å². The van der Waals surface area contributed by atoms with E-state index < -0.39 is 0 Å². The molecule has 7 nitrogen and oxygen atoms in total. The lowest BCUT2D eigenvalue weighted by atomic mass is 10.1. The van der Waals surface area contributed by atoms with Crippen molar-refractivity contribution in [2.75, 3.05) is 23.8 Å². The van der Waals surface area contributed by atoms with Gasteiger partial charge in [-0.2, -0.15) is 5.10 Å². The Kier molecular flexibility index (Phi) is 4.06. The topological polar surface area (TPSA) is 87.8 Å². The monoisotopic (exact) mass is 360 g/mol. The molecule has 3 N–H and O–H groups in total. The fourth-order valence-corrected chi connectivity index (χ4v) is 3.49. The summed E-state index contributed by atoms with van der Waals surface area (Å²) in [5.74, 6) is 1.61. The van der Waals surface area contributed by atoms with Gasteiger partial charge in [0, 0.05) is 36.6 Å². The van der Waals surface area contributed by atoms with Crippen LogP contribution in [0.4, 0.5) is 17.3 Å². The fourth-order valence-electron chi connectivity index (χ4n) is 3.49. The molecule has 1 atom stereocenters. The maximum atomic E-state index is 5.68. The molecule has 0 amide bonds. The first-order valence-electron chi connectivity index (χ1n) is 9.17. The Hall–Kier alpha value is -3.19. The molecular formula is C20H20N6O. The zero-order valence-corrected chi connectivity index (χ0v) is 14.8. The highest BCUT2D eigenvalue weighted by molar-refractivity contribution is 5.95. The van der Waals surface area contributed by atoms with E-state index in [9.17, 15) is 0 Å². The Labute approximate surface area is 156 Å². The fraction of sp³-hybridized carbons (Fsp3) is 0.250. The van der Waals surface area contributed by atoms with E-state index in [1.54, 1.807) is 6.20 Å². The zero-order chi connectivity index (χ0) is 18.1. The minimum absolute atomic E-state index is 0.281. The van der Waals surface area contributed by atoms with Crippen molar-refractivity contribution in [2.45, 2.75) is 18.9 Å². The third-order valence-electron chi connectivity index (χ3n) is 4.87. The van der Waals surface area contributed by atoms with Crippen molar-refractivity contribution in [2.24, 2.45) is 0 Å². The van der Waals surface area contributed by atoms with Gasteiger partial charge < -0.3 is 15.4 Å². The maximum Gasteiger partial charge on any atom is 0.178 e. The van der Waals surface area contributed by atoms with E-state index >= 15 is 0 Å². The number of nitrogens with one attached hydrogen (secondary N) is 3. The van der Waals surface area contributed by atoms with Gasteiger partial charge in [-0.15, -0.1) is 0 Å². The van der Waals surface area contributed by atoms with Gasteiger partial charge in [-0.1, -0.05) is 0 Å². The molecule has 0 aliphatic carbocycles. The molecule has 1 saturated heterocycles. The van der Waals surface area contributed by atoms with Crippen molar-refractivity contribution in [3.8, 4) is 0 Å². The van der Waals surface area contributed by atoms with Gasteiger partial charge in [0.1, 0.15) is 11.3 Å². The Morgan fingerprint density at radius 1 is 1.11 bits per heavy atom. The summed E-state index contributed by atoms with van der Waals surface area (Å²) >= 11 is 0. The van der Waals surface area contributed by atoms with Gasteiger partial charge in [0.25, 0.3) is 0 Å². The standard InChI is InChI=1S/C20H20N6O/c1-4-17-18(21-8-1)20(26-25-17)24-14-5-6-16-13(11-14)7-9-22-19(16)23-12-15-3-2-10-27-15/h1,4-9,11,15H,2-3,10,12H2,(H,22,23)(H2,24,25,26)/t15-/m0/s1. The second-order valence-corrected chi connectivity index (χ2v) is 6.71. The molecule has 0 unspecified atom stereocenters. The highest BCUT2D eigenvalue weighted by atomic mass is 16.5. The van der Waals surface area contributed by atoms with Crippen LogP contribution in [-0.2, 0) is 4.74 Å². The lowest BCUT2D eigenvalue weighted by Gasteiger charge is -2.13. The van der Waals surface area contributed by atoms with E-state index in [0.717, 1.165) is 65.1 Å². The third-order valence-corrected chi connectivity index (χ3v) is 4.87. The normalized spacial score (nSPS) is 16.8. The molecule has 0 saturated carbocycles. The SMILES string of the molecule is c1cnc2c(Nc3ccc4c(NC[C@@H]5CCCO5)nccc4c3)n[nH]c2c1. The van der Waals surface area contributed by atoms with E-state index in [2.05, 4.69) is 42.9 Å². The molecule has 0 bridgehead atoms. The summed E-state index contributed by atoms with van der Waals surface area (Å²) < 4.78 is 5.68. The average Bonchev–Trinajstić information content (AvgIpc) is 3.36. The molecule has 3 aromatic heterocycles. The van der Waals surface area contributed by atoms with Gasteiger partial charge in [0.05, 0.1) is 11.6 Å². The quantitative estimate of drug-likeness (QED) is 0.501. The molecule has 1 aromatic carbocycles. The summed E-state index contributed by atoms with van der Waals surface area (Å²) in [7, 11) is 0. The molecule has 4 heterocycles. The predicted molar refractivity (Wildman–Crippen MR) is 106 cm³/mol. The summed E-state index contributed by atoms with van der Waals surface area (Å²) in [4.78, 5) is 8.89. The number of fused-ring (bicyclic) bond motifs is 2. The Morgan fingerprint density at radius 2 is 2.11 bits per heavy atom. The lowest BCUT2D eigenvalue weighted by Crippen LogP contribution is -2.19. The van der Waals surface area contributed by atoms with Gasteiger partial charge in [0.15, 0.2) is 5.82 Å². The maximum absolute atomic E-state index is 5.68. The highest BCUT2D eigenvalue weighted by Crippen LogP contribution is 2.27. The van der Waals surface area contributed by atoms with E-state index in [1.807, 2.05) is 30.5 Å². The smallest absolute Gasteiger partial charge is 0.178 e. The third kappa shape index (κ3) is 3.17. The van der Waals surface area contributed by atoms with Crippen LogP contribution in [0.25, 0.3) is 21.8 Å². The second-order valence-electron chi connectivity index (χ2n) is 6.71. The Bertz CT molecular complexity index is 1090. The summed E-state index contributed by atoms with van der Waals surface area (Å²) in [6, 6.07) is 12.1. The van der Waals surface area contributed by atoms with Gasteiger partial charge in [0.2, 0.25) is 0 Å². The van der Waals surface area contributed by atoms with Crippen LogP contribution in [-0.4, -0.2) is 39.4 Å². The van der Waals surface area contributed by atoms with E-state index in [-0.39, 0.29) is 6.10 Å². The minimum Gasteiger partial charge on any atom is -0.376 e. The van der Waals surface area contributed by atoms with Crippen molar-refractivity contribution >= 4 is 39.1 Å². The summed E-state index contributed by atoms with van der Waals surface area (Å²) in [5, 5.41) is 16.3. The van der Waals surface area contributed by atoms with Gasteiger partial charge >= 0.3 is 0 Å². The number of aromatic amines is 1. The van der Waals surface area contributed by atoms with Gasteiger partial charge in [-0.25, -0.2) is 4.98 Å². The molecule has 1 fully saturated rings. The summed E-state index contributed by atoms with van der Waals surface area (Å²) in [5.41, 5.74) is 2.69. The average molecular weight is 360 g/mol. The first kappa shape index (κ1) is 16.0. The number of hydrogen-bond acceptors (Lipinski definition) is 6. The number of hydrogen-bond donors (Lipinski definition) is 3. The summed E-state index contributed by atoms with van der Waals surface area (Å²) in [6.07, 6.45) is 6.12. The number of nitrogens with zero attached hydrogens (tertiary/aromatic N) is 3. The predicted octanol–water partition coefficient (Wildman–Crippen LogP) is 3.84. The first-order valence-corrected chi connectivity index (χ1v) is 9.17. The Balaban J connectivity index is 1.40. The lowest BCUT2D eigenvalue weighted by molar-refractivity contribution is 0.120. The summed E-state index contributed by atoms with van der Waals surface area (Å²) in [6.45, 7) is 1.65. The van der Waals surface area contributed by atoms with Crippen molar-refractivity contribution in [3.05, 3.63) is 48.8 Å². The highest BCUT2D eigenvalue weighted by Gasteiger charge is 2.15. The number of ether oxygens (including phenoxy) is 1. The van der Waals surface area contributed by atoms with Crippen molar-refractivity contribution < 1.29 is 4.74 Å². The molecule has 1 aliphatic rings. The number of H-pyrrole nitrogens is 1. The van der Waals surface area contributed by atoms with E-state index in [1.165, 1.54) is 0 Å². The largest absolute Gasteiger partial charge is 0.376 e. The molecule has 0 spiro atoms. The second kappa shape index (κ2) is 6.85. The van der Waals surface area contributed by atoms with E-state index in [0.29, 0.717) is 0 Å². The minimum atomic E-state index is 0.281. The van der Waals surface area contributed by atoms with Gasteiger partial charge in [-0.05, 0) is 54.6 Å². The molecule has 136 valence electrons. The molecule has 7 heteroatoms. The van der Waals surface area contributed by atoms with Crippen LogP contribution < -0.4 is 10.6 Å². The molecule has 4 aromatic rings.